The fraction of sp³-hybridized carbons (Fsp3) is 0.550. The summed E-state index contributed by atoms with van der Waals surface area (Å²) in [6, 6.07) is 5.24. The summed E-state index contributed by atoms with van der Waals surface area (Å²) in [4.78, 5) is 38.4. The Labute approximate surface area is 154 Å². The first-order valence-corrected chi connectivity index (χ1v) is 8.96. The smallest absolute Gasteiger partial charge is 0.407 e. The fourth-order valence-corrected chi connectivity index (χ4v) is 3.15. The van der Waals surface area contributed by atoms with Crippen LogP contribution < -0.4 is 5.32 Å². The third-order valence-corrected chi connectivity index (χ3v) is 4.30. The van der Waals surface area contributed by atoms with E-state index in [4.69, 9.17) is 4.74 Å². The van der Waals surface area contributed by atoms with E-state index in [0.717, 1.165) is 11.1 Å². The predicted molar refractivity (Wildman–Crippen MR) is 99.2 cm³/mol. The van der Waals surface area contributed by atoms with E-state index in [1.165, 1.54) is 0 Å². The molecule has 6 nitrogen and oxygen atoms in total. The zero-order valence-corrected chi connectivity index (χ0v) is 16.2. The largest absolute Gasteiger partial charge is 0.444 e. The van der Waals surface area contributed by atoms with E-state index in [1.807, 2.05) is 32.0 Å². The van der Waals surface area contributed by atoms with Gasteiger partial charge >= 0.3 is 6.09 Å². The lowest BCUT2D eigenvalue weighted by Gasteiger charge is -2.25. The molecular weight excluding hydrogens is 332 g/mol. The third kappa shape index (κ3) is 5.07. The molecule has 1 aliphatic rings. The first-order chi connectivity index (χ1) is 12.1. The Hall–Kier alpha value is -2.37. The maximum Gasteiger partial charge on any atom is 0.407 e. The Balaban J connectivity index is 1.99. The second-order valence-corrected chi connectivity index (χ2v) is 7.75. The predicted octanol–water partition coefficient (Wildman–Crippen LogP) is 3.00. The summed E-state index contributed by atoms with van der Waals surface area (Å²) >= 11 is 0. The van der Waals surface area contributed by atoms with Crippen molar-refractivity contribution in [3.8, 4) is 0 Å². The van der Waals surface area contributed by atoms with Gasteiger partial charge in [0.15, 0.2) is 5.78 Å². The highest BCUT2D eigenvalue weighted by molar-refractivity contribution is 6.04. The molecule has 1 atom stereocenters. The van der Waals surface area contributed by atoms with Crippen molar-refractivity contribution >= 4 is 17.8 Å². The molecule has 0 aromatic heterocycles. The quantitative estimate of drug-likeness (QED) is 0.819. The number of nitrogens with one attached hydrogen (secondary N) is 1. The van der Waals surface area contributed by atoms with Gasteiger partial charge in [0.2, 0.25) is 5.91 Å². The van der Waals surface area contributed by atoms with Crippen molar-refractivity contribution in [1.29, 1.82) is 0 Å². The third-order valence-electron chi connectivity index (χ3n) is 4.30. The van der Waals surface area contributed by atoms with Crippen LogP contribution in [0.4, 0.5) is 4.79 Å². The molecule has 6 heteroatoms. The number of rotatable bonds is 5. The molecule has 26 heavy (non-hydrogen) atoms. The van der Waals surface area contributed by atoms with Gasteiger partial charge in [-0.15, -0.1) is 0 Å². The number of carbonyl (C=O) groups is 3. The van der Waals surface area contributed by atoms with Crippen molar-refractivity contribution in [2.45, 2.75) is 59.1 Å². The molecule has 0 radical (unpaired) electrons. The van der Waals surface area contributed by atoms with Gasteiger partial charge in [-0.05, 0) is 46.6 Å². The van der Waals surface area contributed by atoms with E-state index in [0.29, 0.717) is 24.9 Å². The molecule has 0 saturated carbocycles. The number of alkyl carbamates (subject to hydrolysis) is 1. The molecule has 142 valence electrons. The van der Waals surface area contributed by atoms with Gasteiger partial charge < -0.3 is 15.0 Å². The molecule has 1 aromatic carbocycles. The van der Waals surface area contributed by atoms with Crippen LogP contribution in [0.3, 0.4) is 0 Å². The SMILES string of the molecule is Cc1ccc(C(=O)C2CCC(=O)N2CCNC(=O)OC(C)(C)C)c(C)c1. The Morgan fingerprint density at radius 2 is 1.96 bits per heavy atom. The van der Waals surface area contributed by atoms with E-state index in [-0.39, 0.29) is 18.2 Å². The highest BCUT2D eigenvalue weighted by Gasteiger charge is 2.36. The number of ketones is 1. The minimum atomic E-state index is -0.574. The number of hydrogen-bond acceptors (Lipinski definition) is 4. The Morgan fingerprint density at radius 3 is 2.58 bits per heavy atom. The second kappa shape index (κ2) is 7.89. The van der Waals surface area contributed by atoms with E-state index < -0.39 is 17.7 Å². The number of nitrogens with zero attached hydrogens (tertiary/aromatic N) is 1. The van der Waals surface area contributed by atoms with Crippen molar-refractivity contribution in [1.82, 2.24) is 10.2 Å². The standard InChI is InChI=1S/C20H28N2O4/c1-13-6-7-15(14(2)12-13)18(24)16-8-9-17(23)22(16)11-10-21-19(25)26-20(3,4)5/h6-7,12,16H,8-11H2,1-5H3,(H,21,25). The van der Waals surface area contributed by atoms with Crippen LogP contribution in [0.25, 0.3) is 0 Å². The molecule has 1 saturated heterocycles. The number of likely N-dealkylation sites (tertiary alicyclic amines) is 1. The Kier molecular flexibility index (Phi) is 6.05. The Bertz CT molecular complexity index is 706. The Morgan fingerprint density at radius 1 is 1.27 bits per heavy atom. The highest BCUT2D eigenvalue weighted by atomic mass is 16.6. The van der Waals surface area contributed by atoms with Gasteiger partial charge in [-0.3, -0.25) is 9.59 Å². The molecule has 1 aliphatic heterocycles. The lowest BCUT2D eigenvalue weighted by Crippen LogP contribution is -2.44. The van der Waals surface area contributed by atoms with Crippen molar-refractivity contribution in [2.24, 2.45) is 0 Å². The van der Waals surface area contributed by atoms with E-state index in [1.54, 1.807) is 25.7 Å². The van der Waals surface area contributed by atoms with Crippen LogP contribution in [0.1, 0.15) is 55.1 Å². The van der Waals surface area contributed by atoms with E-state index in [9.17, 15) is 14.4 Å². The minimum absolute atomic E-state index is 0.0365. The number of benzene rings is 1. The molecular formula is C20H28N2O4. The summed E-state index contributed by atoms with van der Waals surface area (Å²) in [5, 5.41) is 2.64. The number of amides is 2. The zero-order valence-electron chi connectivity index (χ0n) is 16.2. The molecule has 1 aromatic rings. The molecule has 2 rings (SSSR count). The average molecular weight is 360 g/mol. The highest BCUT2D eigenvalue weighted by Crippen LogP contribution is 2.24. The summed E-state index contributed by atoms with van der Waals surface area (Å²) in [6.45, 7) is 9.79. The van der Waals surface area contributed by atoms with E-state index >= 15 is 0 Å². The second-order valence-electron chi connectivity index (χ2n) is 7.75. The van der Waals surface area contributed by atoms with Crippen LogP contribution in [0.5, 0.6) is 0 Å². The molecule has 1 heterocycles. The monoisotopic (exact) mass is 360 g/mol. The summed E-state index contributed by atoms with van der Waals surface area (Å²) < 4.78 is 5.18. The molecule has 0 bridgehead atoms. The fourth-order valence-electron chi connectivity index (χ4n) is 3.15. The number of ether oxygens (including phenoxy) is 1. The van der Waals surface area contributed by atoms with Crippen molar-refractivity contribution < 1.29 is 19.1 Å². The number of hydrogen-bond donors (Lipinski definition) is 1. The molecule has 0 spiro atoms. The maximum absolute atomic E-state index is 12.9. The van der Waals surface area contributed by atoms with Crippen molar-refractivity contribution in [2.75, 3.05) is 13.1 Å². The van der Waals surface area contributed by atoms with Crippen LogP contribution in [0.2, 0.25) is 0 Å². The lowest BCUT2D eigenvalue weighted by atomic mass is 9.96. The minimum Gasteiger partial charge on any atom is -0.444 e. The zero-order chi connectivity index (χ0) is 19.5. The topological polar surface area (TPSA) is 75.7 Å². The molecule has 1 N–H and O–H groups in total. The summed E-state index contributed by atoms with van der Waals surface area (Å²) in [6.07, 6.45) is 0.340. The first kappa shape index (κ1) is 19.9. The van der Waals surface area contributed by atoms with Gasteiger partial charge in [0.05, 0.1) is 6.04 Å². The van der Waals surface area contributed by atoms with Crippen molar-refractivity contribution in [3.63, 3.8) is 0 Å². The first-order valence-electron chi connectivity index (χ1n) is 8.96. The van der Waals surface area contributed by atoms with Gasteiger partial charge in [0.25, 0.3) is 0 Å². The van der Waals surface area contributed by atoms with Gasteiger partial charge in [-0.1, -0.05) is 23.8 Å². The average Bonchev–Trinajstić information content (AvgIpc) is 2.86. The summed E-state index contributed by atoms with van der Waals surface area (Å²) in [7, 11) is 0. The molecule has 2 amide bonds. The van der Waals surface area contributed by atoms with Gasteiger partial charge in [0.1, 0.15) is 5.60 Å². The van der Waals surface area contributed by atoms with Crippen LogP contribution in [0.15, 0.2) is 18.2 Å². The van der Waals surface area contributed by atoms with Crippen LogP contribution in [-0.4, -0.2) is 47.4 Å². The number of carbonyl (C=O) groups excluding carboxylic acids is 3. The number of aryl methyl sites for hydroxylation is 2. The molecule has 1 fully saturated rings. The summed E-state index contributed by atoms with van der Waals surface area (Å²) in [5.41, 5.74) is 2.09. The normalized spacial score (nSPS) is 17.3. The van der Waals surface area contributed by atoms with Gasteiger partial charge in [0, 0.05) is 25.1 Å². The van der Waals surface area contributed by atoms with Crippen LogP contribution in [-0.2, 0) is 9.53 Å². The maximum atomic E-state index is 12.9. The van der Waals surface area contributed by atoms with Crippen molar-refractivity contribution in [3.05, 3.63) is 34.9 Å². The van der Waals surface area contributed by atoms with Gasteiger partial charge in [-0.2, -0.15) is 0 Å². The molecule has 1 unspecified atom stereocenters. The number of Topliss-reactive ketones (excluding diaryl/α,β-unsaturated/α-hetero) is 1. The lowest BCUT2D eigenvalue weighted by molar-refractivity contribution is -0.128. The van der Waals surface area contributed by atoms with Gasteiger partial charge in [-0.25, -0.2) is 4.79 Å². The van der Waals surface area contributed by atoms with E-state index in [2.05, 4.69) is 5.32 Å². The molecule has 0 aliphatic carbocycles. The summed E-state index contributed by atoms with van der Waals surface area (Å²) in [5.74, 6) is -0.0929. The van der Waals surface area contributed by atoms with Crippen LogP contribution >= 0.6 is 0 Å². The van der Waals surface area contributed by atoms with Crippen LogP contribution in [0, 0.1) is 13.8 Å².